The maximum Gasteiger partial charge on any atom is 0.339 e. The zero-order chi connectivity index (χ0) is 20.5. The van der Waals surface area contributed by atoms with Gasteiger partial charge >= 0.3 is 11.9 Å². The summed E-state index contributed by atoms with van der Waals surface area (Å²) in [6.45, 7) is 1.80. The number of thiophene rings is 1. The predicted octanol–water partition coefficient (Wildman–Crippen LogP) is 4.69. The lowest BCUT2D eigenvalue weighted by Gasteiger charge is -2.07. The third kappa shape index (κ3) is 3.35. The first-order valence-corrected chi connectivity index (χ1v) is 9.38. The summed E-state index contributed by atoms with van der Waals surface area (Å²) in [5, 5.41) is 23.2. The molecule has 0 saturated carbocycles. The van der Waals surface area contributed by atoms with Gasteiger partial charge in [-0.1, -0.05) is 18.2 Å². The number of carboxylic acids is 1. The molecule has 0 bridgehead atoms. The van der Waals surface area contributed by atoms with Crippen LogP contribution in [0, 0.1) is 18.3 Å². The minimum atomic E-state index is -1.17. The van der Waals surface area contributed by atoms with Crippen LogP contribution in [-0.2, 0) is 0 Å². The van der Waals surface area contributed by atoms with E-state index in [1.165, 1.54) is 0 Å². The number of carbonyl (C=O) groups is 2. The molecule has 2 aromatic heterocycles. The van der Waals surface area contributed by atoms with E-state index >= 15 is 0 Å². The first kappa shape index (κ1) is 18.4. The normalized spacial score (nSPS) is 10.6. The molecule has 142 valence electrons. The maximum absolute atomic E-state index is 12.6. The molecule has 0 radical (unpaired) electrons. The highest BCUT2D eigenvalue weighted by Crippen LogP contribution is 2.37. The minimum absolute atomic E-state index is 0.0210. The Labute approximate surface area is 168 Å². The van der Waals surface area contributed by atoms with Gasteiger partial charge in [0.25, 0.3) is 5.89 Å². The van der Waals surface area contributed by atoms with Gasteiger partial charge in [0, 0.05) is 10.9 Å². The molecule has 1 amide bonds. The molecule has 4 rings (SSSR count). The number of hydrogen-bond acceptors (Lipinski definition) is 6. The van der Waals surface area contributed by atoms with E-state index in [1.807, 2.05) is 0 Å². The monoisotopic (exact) mass is 403 g/mol. The highest BCUT2D eigenvalue weighted by Gasteiger charge is 2.24. The van der Waals surface area contributed by atoms with Crippen LogP contribution >= 0.6 is 11.3 Å². The van der Waals surface area contributed by atoms with Gasteiger partial charge in [-0.3, -0.25) is 4.79 Å². The van der Waals surface area contributed by atoms with Crippen molar-refractivity contribution >= 4 is 39.3 Å². The molecule has 2 N–H and O–H groups in total. The number of fused-ring (bicyclic) bond motifs is 1. The molecule has 0 unspecified atom stereocenters. The Morgan fingerprint density at radius 1 is 1.21 bits per heavy atom. The number of aryl methyl sites for hydroxylation is 1. The summed E-state index contributed by atoms with van der Waals surface area (Å²) in [4.78, 5) is 28.6. The number of oxazole rings is 1. The first-order chi connectivity index (χ1) is 14.0. The van der Waals surface area contributed by atoms with E-state index in [9.17, 15) is 14.7 Å². The van der Waals surface area contributed by atoms with Gasteiger partial charge in [0.2, 0.25) is 0 Å². The van der Waals surface area contributed by atoms with E-state index in [-0.39, 0.29) is 16.5 Å². The predicted molar refractivity (Wildman–Crippen MR) is 108 cm³/mol. The van der Waals surface area contributed by atoms with Gasteiger partial charge in [-0.15, -0.1) is 11.3 Å². The van der Waals surface area contributed by atoms with Crippen LogP contribution in [0.25, 0.3) is 22.2 Å². The van der Waals surface area contributed by atoms with Crippen LogP contribution in [-0.4, -0.2) is 22.0 Å². The lowest BCUT2D eigenvalue weighted by molar-refractivity contribution is 0.0699. The Bertz CT molecular complexity index is 1280. The standard InChI is InChI=1S/C21H13N3O4S/c1-11-8-12(9-22)6-7-13(11)14-10-29-20(17(14)21(26)27)24-18(25)19-23-15-4-2-3-5-16(15)28-19/h2-8,10H,1H3,(H,24,25)(H,26,27). The highest BCUT2D eigenvalue weighted by molar-refractivity contribution is 7.15. The van der Waals surface area contributed by atoms with Crippen molar-refractivity contribution in [2.75, 3.05) is 5.32 Å². The van der Waals surface area contributed by atoms with E-state index in [0.717, 1.165) is 16.9 Å². The number of aromatic nitrogens is 1. The molecular formula is C21H13N3O4S. The smallest absolute Gasteiger partial charge is 0.339 e. The van der Waals surface area contributed by atoms with Crippen molar-refractivity contribution in [3.05, 3.63) is 70.4 Å². The SMILES string of the molecule is Cc1cc(C#N)ccc1-c1csc(NC(=O)c2nc3ccccc3o2)c1C(=O)O. The molecule has 29 heavy (non-hydrogen) atoms. The number of benzene rings is 2. The number of anilines is 1. The summed E-state index contributed by atoms with van der Waals surface area (Å²) in [5.41, 5.74) is 3.39. The Kier molecular flexibility index (Phi) is 4.58. The third-order valence-corrected chi connectivity index (χ3v) is 5.26. The van der Waals surface area contributed by atoms with Gasteiger partial charge in [-0.2, -0.15) is 5.26 Å². The molecule has 0 aliphatic heterocycles. The molecule has 0 aliphatic carbocycles. The zero-order valence-electron chi connectivity index (χ0n) is 15.1. The van der Waals surface area contributed by atoms with Crippen LogP contribution in [0.1, 0.15) is 32.2 Å². The number of carbonyl (C=O) groups excluding carboxylic acids is 1. The Morgan fingerprint density at radius 3 is 2.69 bits per heavy atom. The van der Waals surface area contributed by atoms with Crippen molar-refractivity contribution in [1.82, 2.24) is 4.98 Å². The van der Waals surface area contributed by atoms with Crippen LogP contribution in [0.15, 0.2) is 52.3 Å². The molecule has 0 spiro atoms. The summed E-state index contributed by atoms with van der Waals surface area (Å²) in [7, 11) is 0. The maximum atomic E-state index is 12.6. The summed E-state index contributed by atoms with van der Waals surface area (Å²) < 4.78 is 5.44. The number of amides is 1. The topological polar surface area (TPSA) is 116 Å². The number of nitrogens with zero attached hydrogens (tertiary/aromatic N) is 2. The fraction of sp³-hybridized carbons (Fsp3) is 0.0476. The van der Waals surface area contributed by atoms with Gasteiger partial charge in [0.05, 0.1) is 11.6 Å². The lowest BCUT2D eigenvalue weighted by Crippen LogP contribution is -2.14. The summed E-state index contributed by atoms with van der Waals surface area (Å²) in [6.07, 6.45) is 0. The summed E-state index contributed by atoms with van der Waals surface area (Å²) >= 11 is 1.10. The fourth-order valence-electron chi connectivity index (χ4n) is 3.02. The van der Waals surface area contributed by atoms with Gasteiger partial charge in [0.1, 0.15) is 16.1 Å². The molecule has 0 saturated heterocycles. The quantitative estimate of drug-likeness (QED) is 0.511. The fourth-order valence-corrected chi connectivity index (χ4v) is 3.97. The van der Waals surface area contributed by atoms with E-state index in [0.29, 0.717) is 27.8 Å². The minimum Gasteiger partial charge on any atom is -0.478 e. The van der Waals surface area contributed by atoms with E-state index in [4.69, 9.17) is 9.68 Å². The molecule has 2 aromatic carbocycles. The van der Waals surface area contributed by atoms with Crippen molar-refractivity contribution in [2.45, 2.75) is 6.92 Å². The summed E-state index contributed by atoms with van der Waals surface area (Å²) in [5.74, 6) is -1.95. The van der Waals surface area contributed by atoms with E-state index in [1.54, 1.807) is 54.8 Å². The van der Waals surface area contributed by atoms with Crippen LogP contribution < -0.4 is 5.32 Å². The van der Waals surface area contributed by atoms with Crippen molar-refractivity contribution in [3.8, 4) is 17.2 Å². The number of aromatic carboxylic acids is 1. The molecule has 0 atom stereocenters. The second-order valence-electron chi connectivity index (χ2n) is 6.24. The van der Waals surface area contributed by atoms with Gasteiger partial charge in [-0.25, -0.2) is 9.78 Å². The molecule has 0 aliphatic rings. The van der Waals surface area contributed by atoms with Crippen molar-refractivity contribution in [1.29, 1.82) is 5.26 Å². The lowest BCUT2D eigenvalue weighted by atomic mass is 9.97. The second-order valence-corrected chi connectivity index (χ2v) is 7.12. The Morgan fingerprint density at radius 2 is 2.00 bits per heavy atom. The van der Waals surface area contributed by atoms with Crippen LogP contribution in [0.4, 0.5) is 5.00 Å². The van der Waals surface area contributed by atoms with Crippen molar-refractivity contribution in [3.63, 3.8) is 0 Å². The van der Waals surface area contributed by atoms with E-state index in [2.05, 4.69) is 16.4 Å². The molecule has 8 heteroatoms. The zero-order valence-corrected chi connectivity index (χ0v) is 15.9. The molecule has 7 nitrogen and oxygen atoms in total. The molecule has 2 heterocycles. The average Bonchev–Trinajstić information content (AvgIpc) is 3.32. The number of para-hydroxylation sites is 2. The summed E-state index contributed by atoms with van der Waals surface area (Å²) in [6, 6.07) is 14.0. The van der Waals surface area contributed by atoms with Crippen molar-refractivity contribution in [2.24, 2.45) is 0 Å². The highest BCUT2D eigenvalue weighted by atomic mass is 32.1. The Balaban J connectivity index is 1.71. The third-order valence-electron chi connectivity index (χ3n) is 4.37. The number of hydrogen-bond donors (Lipinski definition) is 2. The number of rotatable bonds is 4. The number of nitrogens with one attached hydrogen (secondary N) is 1. The number of carboxylic acid groups (broad SMARTS) is 1. The van der Waals surface area contributed by atoms with Gasteiger partial charge < -0.3 is 14.8 Å². The van der Waals surface area contributed by atoms with Gasteiger partial charge in [-0.05, 0) is 42.3 Å². The molecule has 4 aromatic rings. The van der Waals surface area contributed by atoms with E-state index < -0.39 is 11.9 Å². The molecule has 0 fully saturated rings. The Hall–Kier alpha value is -3.96. The van der Waals surface area contributed by atoms with Crippen LogP contribution in [0.2, 0.25) is 0 Å². The number of nitriles is 1. The average molecular weight is 403 g/mol. The van der Waals surface area contributed by atoms with Gasteiger partial charge in [0.15, 0.2) is 5.58 Å². The first-order valence-electron chi connectivity index (χ1n) is 8.50. The molecular weight excluding hydrogens is 390 g/mol. The van der Waals surface area contributed by atoms with Crippen LogP contribution in [0.5, 0.6) is 0 Å². The largest absolute Gasteiger partial charge is 0.478 e. The second kappa shape index (κ2) is 7.22. The van der Waals surface area contributed by atoms with Crippen molar-refractivity contribution < 1.29 is 19.1 Å². The van der Waals surface area contributed by atoms with Crippen LogP contribution in [0.3, 0.4) is 0 Å².